The fourth-order valence-corrected chi connectivity index (χ4v) is 4.37. The van der Waals surface area contributed by atoms with Crippen molar-refractivity contribution in [1.29, 1.82) is 0 Å². The van der Waals surface area contributed by atoms with Crippen LogP contribution in [0.25, 0.3) is 10.9 Å². The average molecular weight is 385 g/mol. The van der Waals surface area contributed by atoms with Crippen molar-refractivity contribution in [2.75, 3.05) is 6.54 Å². The van der Waals surface area contributed by atoms with E-state index in [9.17, 15) is 13.2 Å². The number of sulfonamides is 1. The van der Waals surface area contributed by atoms with Gasteiger partial charge in [-0.15, -0.1) is 0 Å². The molecule has 0 aliphatic carbocycles. The number of hydrogen-bond acceptors (Lipinski definition) is 3. The molecular weight excluding hydrogens is 360 g/mol. The Hall–Kier alpha value is -2.44. The number of nitrogens with one attached hydrogen (secondary N) is 2. The van der Waals surface area contributed by atoms with E-state index in [0.717, 1.165) is 33.2 Å². The highest BCUT2D eigenvalue weighted by Crippen LogP contribution is 2.19. The van der Waals surface area contributed by atoms with Crippen LogP contribution in [0.1, 0.15) is 27.8 Å². The van der Waals surface area contributed by atoms with Crippen LogP contribution in [0.4, 0.5) is 0 Å². The third-order valence-corrected chi connectivity index (χ3v) is 6.29. The molecule has 6 heteroatoms. The highest BCUT2D eigenvalue weighted by molar-refractivity contribution is 7.88. The summed E-state index contributed by atoms with van der Waals surface area (Å²) in [5, 5.41) is 0.954. The Morgan fingerprint density at radius 2 is 1.70 bits per heavy atom. The largest absolute Gasteiger partial charge is 0.321 e. The van der Waals surface area contributed by atoms with Crippen molar-refractivity contribution in [3.63, 3.8) is 0 Å². The van der Waals surface area contributed by atoms with Crippen molar-refractivity contribution < 1.29 is 8.42 Å². The van der Waals surface area contributed by atoms with Crippen molar-refractivity contribution in [2.45, 2.75) is 32.9 Å². The zero-order chi connectivity index (χ0) is 19.6. The number of pyridine rings is 1. The van der Waals surface area contributed by atoms with Gasteiger partial charge in [0.2, 0.25) is 10.0 Å². The number of rotatable bonds is 6. The normalized spacial score (nSPS) is 11.8. The summed E-state index contributed by atoms with van der Waals surface area (Å²) < 4.78 is 27.2. The summed E-state index contributed by atoms with van der Waals surface area (Å²) in [5.41, 5.74) is 5.13. The molecule has 0 aliphatic heterocycles. The van der Waals surface area contributed by atoms with Crippen LogP contribution in [-0.4, -0.2) is 19.9 Å². The molecule has 3 aromatic rings. The minimum absolute atomic E-state index is 0.0633. The van der Waals surface area contributed by atoms with Crippen LogP contribution >= 0.6 is 0 Å². The number of benzene rings is 2. The molecule has 2 aromatic carbocycles. The number of fused-ring (bicyclic) bond motifs is 1. The van der Waals surface area contributed by atoms with Gasteiger partial charge in [-0.2, -0.15) is 0 Å². The van der Waals surface area contributed by atoms with E-state index in [1.165, 1.54) is 0 Å². The molecule has 1 aromatic heterocycles. The van der Waals surface area contributed by atoms with Crippen LogP contribution in [0.15, 0.2) is 47.3 Å². The molecule has 0 fully saturated rings. The summed E-state index contributed by atoms with van der Waals surface area (Å²) in [7, 11) is -3.46. The molecule has 1 heterocycles. The second-order valence-electron chi connectivity index (χ2n) is 6.93. The molecule has 0 amide bonds. The monoisotopic (exact) mass is 384 g/mol. The predicted octanol–water partition coefficient (Wildman–Crippen LogP) is 3.12. The highest BCUT2D eigenvalue weighted by Gasteiger charge is 2.13. The Kier molecular flexibility index (Phi) is 5.48. The van der Waals surface area contributed by atoms with Crippen LogP contribution in [-0.2, 0) is 22.2 Å². The highest BCUT2D eigenvalue weighted by atomic mass is 32.2. The average Bonchev–Trinajstić information content (AvgIpc) is 2.61. The van der Waals surface area contributed by atoms with Crippen molar-refractivity contribution >= 4 is 20.9 Å². The van der Waals surface area contributed by atoms with Gasteiger partial charge in [0.15, 0.2) is 0 Å². The first-order valence-corrected chi connectivity index (χ1v) is 10.6. The number of H-pyrrole nitrogens is 1. The van der Waals surface area contributed by atoms with Crippen LogP contribution in [0, 0.1) is 20.8 Å². The van der Waals surface area contributed by atoms with E-state index in [1.54, 1.807) is 0 Å². The predicted molar refractivity (Wildman–Crippen MR) is 110 cm³/mol. The molecule has 2 N–H and O–H groups in total. The van der Waals surface area contributed by atoms with Gasteiger partial charge in [0.25, 0.3) is 5.56 Å². The Morgan fingerprint density at radius 1 is 0.963 bits per heavy atom. The molecule has 0 radical (unpaired) electrons. The van der Waals surface area contributed by atoms with Crippen molar-refractivity contribution in [1.82, 2.24) is 9.71 Å². The van der Waals surface area contributed by atoms with Gasteiger partial charge in [0, 0.05) is 12.1 Å². The van der Waals surface area contributed by atoms with Crippen molar-refractivity contribution in [2.24, 2.45) is 0 Å². The maximum atomic E-state index is 12.4. The lowest BCUT2D eigenvalue weighted by Crippen LogP contribution is -2.29. The standard InChI is InChI=1S/C21H24N2O3S/c1-14-8-9-17-12-18(21(24)23-20(17)16(14)3)10-11-22-27(25,26)13-19-7-5-4-6-15(19)2/h4-9,12,22H,10-11,13H2,1-3H3,(H,23,24). The molecule has 0 unspecified atom stereocenters. The molecule has 0 saturated carbocycles. The Labute approximate surface area is 159 Å². The molecule has 0 atom stereocenters. The van der Waals surface area contributed by atoms with Gasteiger partial charge >= 0.3 is 0 Å². The van der Waals surface area contributed by atoms with Gasteiger partial charge in [0.05, 0.1) is 11.3 Å². The lowest BCUT2D eigenvalue weighted by Gasteiger charge is -2.10. The van der Waals surface area contributed by atoms with Crippen LogP contribution < -0.4 is 10.3 Å². The van der Waals surface area contributed by atoms with E-state index in [-0.39, 0.29) is 17.9 Å². The van der Waals surface area contributed by atoms with Crippen LogP contribution in [0.5, 0.6) is 0 Å². The summed E-state index contributed by atoms with van der Waals surface area (Å²) in [5.74, 6) is -0.0633. The van der Waals surface area contributed by atoms with Gasteiger partial charge < -0.3 is 4.98 Å². The third kappa shape index (κ3) is 4.46. The van der Waals surface area contributed by atoms with Crippen molar-refractivity contribution in [3.05, 3.63) is 80.6 Å². The summed E-state index contributed by atoms with van der Waals surface area (Å²) in [6.45, 7) is 6.06. The molecule has 0 saturated heterocycles. The van der Waals surface area contributed by atoms with Gasteiger partial charge in [-0.1, -0.05) is 36.4 Å². The van der Waals surface area contributed by atoms with Crippen LogP contribution in [0.3, 0.4) is 0 Å². The first-order chi connectivity index (χ1) is 12.8. The fourth-order valence-electron chi connectivity index (χ4n) is 3.12. The Morgan fingerprint density at radius 3 is 2.44 bits per heavy atom. The topological polar surface area (TPSA) is 79.0 Å². The molecule has 27 heavy (non-hydrogen) atoms. The Balaban J connectivity index is 1.71. The van der Waals surface area contributed by atoms with Gasteiger partial charge in [-0.25, -0.2) is 13.1 Å². The first-order valence-electron chi connectivity index (χ1n) is 8.91. The van der Waals surface area contributed by atoms with E-state index < -0.39 is 10.0 Å². The van der Waals surface area contributed by atoms with E-state index in [0.29, 0.717) is 12.0 Å². The van der Waals surface area contributed by atoms with Gasteiger partial charge in [0.1, 0.15) is 0 Å². The molecule has 3 rings (SSSR count). The summed E-state index contributed by atoms with van der Waals surface area (Å²) in [6.07, 6.45) is 0.338. The molecular formula is C21H24N2O3S. The number of aryl methyl sites for hydroxylation is 3. The SMILES string of the molecule is Cc1ccccc1CS(=O)(=O)NCCc1cc2ccc(C)c(C)c2[nH]c1=O. The maximum Gasteiger partial charge on any atom is 0.251 e. The second-order valence-corrected chi connectivity index (χ2v) is 8.73. The molecule has 142 valence electrons. The minimum atomic E-state index is -3.46. The molecule has 5 nitrogen and oxygen atoms in total. The number of hydrogen-bond donors (Lipinski definition) is 2. The zero-order valence-electron chi connectivity index (χ0n) is 15.8. The lowest BCUT2D eigenvalue weighted by atomic mass is 10.0. The summed E-state index contributed by atoms with van der Waals surface area (Å²) in [4.78, 5) is 15.3. The van der Waals surface area contributed by atoms with Gasteiger partial charge in [-0.05, 0) is 60.9 Å². The van der Waals surface area contributed by atoms with Crippen molar-refractivity contribution in [3.8, 4) is 0 Å². The second kappa shape index (κ2) is 7.66. The third-order valence-electron chi connectivity index (χ3n) is 4.95. The number of aromatic amines is 1. The van der Waals surface area contributed by atoms with Gasteiger partial charge in [-0.3, -0.25) is 4.79 Å². The minimum Gasteiger partial charge on any atom is -0.321 e. The van der Waals surface area contributed by atoms with E-state index in [4.69, 9.17) is 0 Å². The maximum absolute atomic E-state index is 12.4. The van der Waals surface area contributed by atoms with E-state index in [1.807, 2.05) is 63.2 Å². The fraction of sp³-hybridized carbons (Fsp3) is 0.286. The lowest BCUT2D eigenvalue weighted by molar-refractivity contribution is 0.580. The first kappa shape index (κ1) is 19.3. The van der Waals surface area contributed by atoms with E-state index in [2.05, 4.69) is 9.71 Å². The zero-order valence-corrected chi connectivity index (χ0v) is 16.6. The molecule has 0 aliphatic rings. The van der Waals surface area contributed by atoms with E-state index >= 15 is 0 Å². The Bertz CT molecular complexity index is 1150. The molecule has 0 bridgehead atoms. The summed E-state index contributed by atoms with van der Waals surface area (Å²) in [6, 6.07) is 13.3. The molecule has 0 spiro atoms. The quantitative estimate of drug-likeness (QED) is 0.685. The summed E-state index contributed by atoms with van der Waals surface area (Å²) >= 11 is 0. The van der Waals surface area contributed by atoms with Crippen LogP contribution in [0.2, 0.25) is 0 Å². The smallest absolute Gasteiger partial charge is 0.251 e. The number of aromatic nitrogens is 1.